The van der Waals surface area contributed by atoms with Crippen molar-refractivity contribution in [3.05, 3.63) is 64.7 Å². The normalized spacial score (nSPS) is 17.4. The Hall–Kier alpha value is -3.68. The number of amides is 2. The number of anilines is 1. The van der Waals surface area contributed by atoms with Crippen LogP contribution in [0.5, 0.6) is 11.8 Å². The molecule has 2 amide bonds. The third-order valence-corrected chi connectivity index (χ3v) is 5.64. The number of piperidine rings is 1. The number of rotatable bonds is 4. The van der Waals surface area contributed by atoms with E-state index in [1.165, 1.54) is 5.57 Å². The van der Waals surface area contributed by atoms with Gasteiger partial charge in [-0.25, -0.2) is 14.8 Å². The van der Waals surface area contributed by atoms with E-state index in [0.29, 0.717) is 36.4 Å². The van der Waals surface area contributed by atoms with Crippen LogP contribution in [0.2, 0.25) is 0 Å². The topological polar surface area (TPSA) is 93.4 Å². The number of nitrogens with one attached hydrogen (secondary N) is 1. The van der Waals surface area contributed by atoms with Gasteiger partial charge in [0.2, 0.25) is 0 Å². The number of hydrogen-bond acceptors (Lipinski definition) is 6. The van der Waals surface area contributed by atoms with Crippen molar-refractivity contribution in [1.82, 2.24) is 20.0 Å². The van der Waals surface area contributed by atoms with Gasteiger partial charge in [0.25, 0.3) is 0 Å². The first kappa shape index (κ1) is 21.5. The van der Waals surface area contributed by atoms with E-state index in [4.69, 9.17) is 9.26 Å². The van der Waals surface area contributed by atoms with Gasteiger partial charge in [0.15, 0.2) is 5.82 Å². The second kappa shape index (κ2) is 9.21. The Kier molecular flexibility index (Phi) is 6.20. The number of likely N-dealkylation sites (tertiary alicyclic amines) is 1. The number of ether oxygens (including phenoxy) is 1. The number of urea groups is 1. The Morgan fingerprint density at radius 2 is 2.03 bits per heavy atom. The zero-order valence-electron chi connectivity index (χ0n) is 18.8. The molecule has 8 heteroatoms. The highest BCUT2D eigenvalue weighted by atomic mass is 16.5. The highest BCUT2D eigenvalue weighted by Crippen LogP contribution is 2.27. The summed E-state index contributed by atoms with van der Waals surface area (Å²) in [5.41, 5.74) is 4.17. The first-order valence-corrected chi connectivity index (χ1v) is 10.6. The number of hydrogen-bond donors (Lipinski definition) is 1. The second-order valence-electron chi connectivity index (χ2n) is 8.18. The number of carbonyl (C=O) groups is 1. The Bertz CT molecular complexity index is 1140. The molecule has 0 bridgehead atoms. The van der Waals surface area contributed by atoms with E-state index in [0.717, 1.165) is 23.1 Å². The van der Waals surface area contributed by atoms with Crippen LogP contribution in [0.1, 0.15) is 35.8 Å². The molecule has 4 rings (SSSR count). The molecular formula is C24H27N5O3. The van der Waals surface area contributed by atoms with Crippen molar-refractivity contribution in [2.45, 2.75) is 34.1 Å². The molecule has 32 heavy (non-hydrogen) atoms. The molecule has 3 heterocycles. The van der Waals surface area contributed by atoms with Gasteiger partial charge >= 0.3 is 12.0 Å². The smallest absolute Gasteiger partial charge is 0.323 e. The molecule has 2 aromatic heterocycles. The van der Waals surface area contributed by atoms with Crippen molar-refractivity contribution in [3.8, 4) is 11.8 Å². The van der Waals surface area contributed by atoms with Gasteiger partial charge in [0, 0.05) is 31.0 Å². The molecule has 1 aliphatic rings. The summed E-state index contributed by atoms with van der Waals surface area (Å²) < 4.78 is 10.9. The van der Waals surface area contributed by atoms with E-state index in [9.17, 15) is 4.79 Å². The molecule has 0 saturated carbocycles. The van der Waals surface area contributed by atoms with Gasteiger partial charge in [-0.2, -0.15) is 0 Å². The molecular weight excluding hydrogens is 406 g/mol. The molecule has 3 aromatic rings. The van der Waals surface area contributed by atoms with Gasteiger partial charge < -0.3 is 14.2 Å². The van der Waals surface area contributed by atoms with E-state index < -0.39 is 0 Å². The molecule has 1 saturated heterocycles. The molecule has 0 radical (unpaired) electrons. The van der Waals surface area contributed by atoms with Crippen molar-refractivity contribution in [2.75, 3.05) is 18.4 Å². The lowest BCUT2D eigenvalue weighted by Gasteiger charge is -2.33. The first-order valence-electron chi connectivity index (χ1n) is 10.6. The number of nitrogens with zero attached hydrogens (tertiary/aromatic N) is 4. The van der Waals surface area contributed by atoms with Crippen LogP contribution in [0, 0.1) is 26.7 Å². The molecule has 166 valence electrons. The average Bonchev–Trinajstić information content (AvgIpc) is 3.09. The summed E-state index contributed by atoms with van der Waals surface area (Å²) >= 11 is 0. The second-order valence-corrected chi connectivity index (χ2v) is 8.18. The van der Waals surface area contributed by atoms with Crippen molar-refractivity contribution in [3.63, 3.8) is 0 Å². The zero-order chi connectivity index (χ0) is 22.7. The number of aromatic nitrogens is 3. The predicted molar refractivity (Wildman–Crippen MR) is 122 cm³/mol. The maximum Gasteiger partial charge on any atom is 0.323 e. The van der Waals surface area contributed by atoms with E-state index in [2.05, 4.69) is 33.4 Å². The van der Waals surface area contributed by atoms with Gasteiger partial charge in [-0.3, -0.25) is 5.32 Å². The largest absolute Gasteiger partial charge is 0.424 e. The fourth-order valence-electron chi connectivity index (χ4n) is 3.58. The first-order chi connectivity index (χ1) is 15.4. The Morgan fingerprint density at radius 3 is 2.72 bits per heavy atom. The molecule has 1 unspecified atom stereocenters. The van der Waals surface area contributed by atoms with Gasteiger partial charge in [0.05, 0.1) is 0 Å². The predicted octanol–water partition coefficient (Wildman–Crippen LogP) is 5.14. The fraction of sp³-hybridized carbons (Fsp3) is 0.333. The number of benzene rings is 1. The number of aryl methyl sites for hydroxylation is 2. The van der Waals surface area contributed by atoms with Crippen LogP contribution in [0.25, 0.3) is 6.08 Å². The van der Waals surface area contributed by atoms with E-state index in [1.54, 1.807) is 12.4 Å². The standard InChI is InChI=1S/C24H27N5O3/c1-15-12-25-23(26-13-15)31-21-7-5-6-19(11-21)10-20-8-9-29(14-16(20)2)24(30)27-22-17(3)18(4)32-28-22/h5-7,10-13,16H,8-9,14H2,1-4H3,(H,27,28,30)/b20-10+. The highest BCUT2D eigenvalue weighted by molar-refractivity contribution is 5.89. The van der Waals surface area contributed by atoms with Crippen molar-refractivity contribution in [1.29, 1.82) is 0 Å². The fourth-order valence-corrected chi connectivity index (χ4v) is 3.58. The van der Waals surface area contributed by atoms with Crippen LogP contribution in [0.15, 0.2) is 46.8 Å². The Labute approximate surface area is 187 Å². The third-order valence-electron chi connectivity index (χ3n) is 5.64. The van der Waals surface area contributed by atoms with Crippen molar-refractivity contribution >= 4 is 17.9 Å². The SMILES string of the molecule is Cc1cnc(Oc2cccc(/C=C3\CCN(C(=O)Nc4noc(C)c4C)CC3C)c2)nc1. The molecule has 8 nitrogen and oxygen atoms in total. The lowest BCUT2D eigenvalue weighted by Crippen LogP contribution is -2.42. The summed E-state index contributed by atoms with van der Waals surface area (Å²) in [4.78, 5) is 22.9. The van der Waals surface area contributed by atoms with Crippen LogP contribution < -0.4 is 10.1 Å². The minimum absolute atomic E-state index is 0.152. The summed E-state index contributed by atoms with van der Waals surface area (Å²) in [7, 11) is 0. The van der Waals surface area contributed by atoms with Gasteiger partial charge in [-0.1, -0.05) is 35.9 Å². The average molecular weight is 434 g/mol. The molecule has 1 aliphatic heterocycles. The van der Waals surface area contributed by atoms with Crippen LogP contribution in [0.3, 0.4) is 0 Å². The maximum absolute atomic E-state index is 12.7. The van der Waals surface area contributed by atoms with Crippen molar-refractivity contribution in [2.24, 2.45) is 5.92 Å². The van der Waals surface area contributed by atoms with Gasteiger partial charge in [0.1, 0.15) is 11.5 Å². The molecule has 1 aromatic carbocycles. The molecule has 1 fully saturated rings. The monoisotopic (exact) mass is 433 g/mol. The lowest BCUT2D eigenvalue weighted by molar-refractivity contribution is 0.197. The van der Waals surface area contributed by atoms with E-state index in [1.807, 2.05) is 49.9 Å². The van der Waals surface area contributed by atoms with E-state index >= 15 is 0 Å². The summed E-state index contributed by atoms with van der Waals surface area (Å²) in [6.07, 6.45) is 6.43. The highest BCUT2D eigenvalue weighted by Gasteiger charge is 2.25. The van der Waals surface area contributed by atoms with E-state index in [-0.39, 0.29) is 11.9 Å². The minimum atomic E-state index is -0.152. The quantitative estimate of drug-likeness (QED) is 0.612. The summed E-state index contributed by atoms with van der Waals surface area (Å²) in [6.45, 7) is 9.06. The van der Waals surface area contributed by atoms with Crippen LogP contribution in [-0.4, -0.2) is 39.1 Å². The maximum atomic E-state index is 12.7. The van der Waals surface area contributed by atoms with Crippen LogP contribution in [0.4, 0.5) is 10.6 Å². The summed E-state index contributed by atoms with van der Waals surface area (Å²) in [5, 5.41) is 6.77. The Balaban J connectivity index is 1.40. The molecule has 0 aliphatic carbocycles. The molecule has 1 atom stereocenters. The molecule has 1 N–H and O–H groups in total. The van der Waals surface area contributed by atoms with Gasteiger partial charge in [-0.15, -0.1) is 0 Å². The van der Waals surface area contributed by atoms with Crippen LogP contribution in [-0.2, 0) is 0 Å². The number of carbonyl (C=O) groups excluding carboxylic acids is 1. The summed E-state index contributed by atoms with van der Waals surface area (Å²) in [6, 6.07) is 8.02. The van der Waals surface area contributed by atoms with Crippen molar-refractivity contribution < 1.29 is 14.1 Å². The lowest BCUT2D eigenvalue weighted by atomic mass is 9.91. The van der Waals surface area contributed by atoms with Crippen LogP contribution >= 0.6 is 0 Å². The Morgan fingerprint density at radius 1 is 1.25 bits per heavy atom. The zero-order valence-corrected chi connectivity index (χ0v) is 18.8. The minimum Gasteiger partial charge on any atom is -0.424 e. The van der Waals surface area contributed by atoms with Gasteiger partial charge in [-0.05, 0) is 56.4 Å². The third kappa shape index (κ3) is 4.96. The summed E-state index contributed by atoms with van der Waals surface area (Å²) in [5.74, 6) is 2.11. The molecule has 0 spiro atoms.